The Morgan fingerprint density at radius 3 is 2.38 bits per heavy atom. The summed E-state index contributed by atoms with van der Waals surface area (Å²) in [5.41, 5.74) is 6.67. The highest BCUT2D eigenvalue weighted by Crippen LogP contribution is 2.24. The van der Waals surface area contributed by atoms with Crippen LogP contribution < -0.4 is 0 Å². The number of imidazole rings is 1. The Balaban J connectivity index is 1.48. The molecule has 29 heavy (non-hydrogen) atoms. The first kappa shape index (κ1) is 17.3. The molecule has 0 aliphatic carbocycles. The molecule has 3 aromatic heterocycles. The van der Waals surface area contributed by atoms with Gasteiger partial charge in [0.15, 0.2) is 5.65 Å². The van der Waals surface area contributed by atoms with E-state index in [1.807, 2.05) is 76.3 Å². The summed E-state index contributed by atoms with van der Waals surface area (Å²) < 4.78 is 3.95. The number of fused-ring (bicyclic) bond motifs is 1. The summed E-state index contributed by atoms with van der Waals surface area (Å²) in [6, 6.07) is 18.1. The Labute approximate surface area is 167 Å². The van der Waals surface area contributed by atoms with Crippen molar-refractivity contribution in [2.24, 2.45) is 0 Å². The summed E-state index contributed by atoms with van der Waals surface area (Å²) in [7, 11) is 0. The molecule has 3 heterocycles. The molecule has 5 aromatic rings. The van der Waals surface area contributed by atoms with E-state index in [4.69, 9.17) is 0 Å². The molecule has 6 nitrogen and oxygen atoms in total. The first-order chi connectivity index (χ1) is 14.3. The zero-order valence-electron chi connectivity index (χ0n) is 15.7. The van der Waals surface area contributed by atoms with Crippen LogP contribution in [0, 0.1) is 0 Å². The van der Waals surface area contributed by atoms with Crippen LogP contribution in [0.3, 0.4) is 0 Å². The molecule has 0 saturated carbocycles. The van der Waals surface area contributed by atoms with Gasteiger partial charge < -0.3 is 5.11 Å². The van der Waals surface area contributed by atoms with Crippen molar-refractivity contribution < 1.29 is 5.11 Å². The van der Waals surface area contributed by atoms with Crippen molar-refractivity contribution in [1.29, 1.82) is 0 Å². The molecule has 142 valence electrons. The van der Waals surface area contributed by atoms with Gasteiger partial charge in [0.2, 0.25) is 0 Å². The van der Waals surface area contributed by atoms with Gasteiger partial charge in [0.25, 0.3) is 0 Å². The summed E-state index contributed by atoms with van der Waals surface area (Å²) in [6.07, 6.45) is 9.45. The monoisotopic (exact) mass is 381 g/mol. The van der Waals surface area contributed by atoms with Crippen molar-refractivity contribution in [3.8, 4) is 22.5 Å². The van der Waals surface area contributed by atoms with Gasteiger partial charge in [-0.05, 0) is 11.1 Å². The maximum Gasteiger partial charge on any atom is 0.155 e. The van der Waals surface area contributed by atoms with Crippen LogP contribution in [0.25, 0.3) is 28.2 Å². The van der Waals surface area contributed by atoms with E-state index in [9.17, 15) is 5.11 Å². The van der Waals surface area contributed by atoms with Crippen LogP contribution in [-0.2, 0) is 13.2 Å². The molecule has 0 unspecified atom stereocenters. The zero-order valence-corrected chi connectivity index (χ0v) is 15.7. The summed E-state index contributed by atoms with van der Waals surface area (Å²) in [4.78, 5) is 9.03. The number of hydrogen-bond donors (Lipinski definition) is 1. The third-order valence-corrected chi connectivity index (χ3v) is 4.94. The molecule has 0 bridgehead atoms. The minimum absolute atomic E-state index is 0.0362. The Bertz CT molecular complexity index is 1260. The second kappa shape index (κ2) is 7.33. The van der Waals surface area contributed by atoms with E-state index in [1.54, 1.807) is 6.20 Å². The van der Waals surface area contributed by atoms with E-state index >= 15 is 0 Å². The summed E-state index contributed by atoms with van der Waals surface area (Å²) in [6.45, 7) is 0.755. The van der Waals surface area contributed by atoms with E-state index in [0.717, 1.165) is 40.3 Å². The molecule has 6 heteroatoms. The second-order valence-electron chi connectivity index (χ2n) is 6.91. The largest absolute Gasteiger partial charge is 0.392 e. The fraction of sp³-hybridized carbons (Fsp3) is 0.0870. The quantitative estimate of drug-likeness (QED) is 0.503. The molecule has 5 rings (SSSR count). The predicted octanol–water partition coefficient (Wildman–Crippen LogP) is 3.80. The maximum absolute atomic E-state index is 9.25. The van der Waals surface area contributed by atoms with Gasteiger partial charge in [0.1, 0.15) is 0 Å². The minimum atomic E-state index is 0.0362. The van der Waals surface area contributed by atoms with Gasteiger partial charge in [-0.2, -0.15) is 5.10 Å². The molecule has 1 N–H and O–H groups in total. The van der Waals surface area contributed by atoms with Crippen molar-refractivity contribution in [3.05, 3.63) is 96.7 Å². The lowest BCUT2D eigenvalue weighted by molar-refractivity contribution is 0.282. The lowest BCUT2D eigenvalue weighted by Gasteiger charge is -2.05. The van der Waals surface area contributed by atoms with Crippen LogP contribution in [-0.4, -0.2) is 29.3 Å². The first-order valence-corrected chi connectivity index (χ1v) is 9.40. The molecule has 2 aromatic carbocycles. The van der Waals surface area contributed by atoms with Crippen LogP contribution >= 0.6 is 0 Å². The Kier molecular flexibility index (Phi) is 4.38. The van der Waals surface area contributed by atoms with Crippen LogP contribution in [0.15, 0.2) is 85.6 Å². The fourth-order valence-electron chi connectivity index (χ4n) is 3.39. The lowest BCUT2D eigenvalue weighted by Crippen LogP contribution is -1.99. The number of benzene rings is 2. The minimum Gasteiger partial charge on any atom is -0.392 e. The van der Waals surface area contributed by atoms with Gasteiger partial charge in [-0.15, -0.1) is 0 Å². The molecular formula is C23H19N5O. The first-order valence-electron chi connectivity index (χ1n) is 9.40. The average molecular weight is 381 g/mol. The molecule has 0 amide bonds. The van der Waals surface area contributed by atoms with Crippen LogP contribution in [0.2, 0.25) is 0 Å². The Morgan fingerprint density at radius 2 is 1.59 bits per heavy atom. The fourth-order valence-corrected chi connectivity index (χ4v) is 3.39. The number of hydrogen-bond acceptors (Lipinski definition) is 4. The van der Waals surface area contributed by atoms with Gasteiger partial charge in [-0.3, -0.25) is 14.1 Å². The van der Waals surface area contributed by atoms with E-state index in [-0.39, 0.29) is 6.61 Å². The highest BCUT2D eigenvalue weighted by molar-refractivity contribution is 5.66. The third-order valence-electron chi connectivity index (χ3n) is 4.94. The van der Waals surface area contributed by atoms with Crippen molar-refractivity contribution in [2.45, 2.75) is 13.2 Å². The van der Waals surface area contributed by atoms with Gasteiger partial charge >= 0.3 is 0 Å². The van der Waals surface area contributed by atoms with Crippen LogP contribution in [0.5, 0.6) is 0 Å². The van der Waals surface area contributed by atoms with Crippen LogP contribution in [0.1, 0.15) is 11.1 Å². The average Bonchev–Trinajstić information content (AvgIpc) is 3.41. The van der Waals surface area contributed by atoms with Crippen molar-refractivity contribution in [1.82, 2.24) is 24.1 Å². The standard InChI is InChI=1S/C23H19N5O/c29-16-18-6-8-19(9-7-18)22-11-25-23-12-24-21(15-28(22)23)20-10-26-27(14-20)13-17-4-2-1-3-5-17/h1-12,14-15,29H,13,16H2. The molecule has 0 aliphatic heterocycles. The van der Waals surface area contributed by atoms with E-state index < -0.39 is 0 Å². The van der Waals surface area contributed by atoms with Gasteiger partial charge in [0, 0.05) is 23.5 Å². The molecule has 0 fully saturated rings. The van der Waals surface area contributed by atoms with Gasteiger partial charge in [-0.25, -0.2) is 4.98 Å². The van der Waals surface area contributed by atoms with Crippen LogP contribution in [0.4, 0.5) is 0 Å². The second-order valence-corrected chi connectivity index (χ2v) is 6.91. The number of aromatic nitrogens is 5. The highest BCUT2D eigenvalue weighted by Gasteiger charge is 2.10. The summed E-state index contributed by atoms with van der Waals surface area (Å²) in [5.74, 6) is 0. The highest BCUT2D eigenvalue weighted by atomic mass is 16.3. The molecule has 0 aliphatic rings. The Morgan fingerprint density at radius 1 is 0.759 bits per heavy atom. The van der Waals surface area contributed by atoms with Gasteiger partial charge in [0.05, 0.1) is 43.1 Å². The van der Waals surface area contributed by atoms with Gasteiger partial charge in [-0.1, -0.05) is 54.6 Å². The number of aliphatic hydroxyl groups is 1. The summed E-state index contributed by atoms with van der Waals surface area (Å²) in [5, 5.41) is 13.7. The van der Waals surface area contributed by atoms with E-state index in [0.29, 0.717) is 0 Å². The Hall–Kier alpha value is -3.77. The molecular weight excluding hydrogens is 362 g/mol. The number of nitrogens with zero attached hydrogens (tertiary/aromatic N) is 5. The maximum atomic E-state index is 9.25. The topological polar surface area (TPSA) is 68.2 Å². The lowest BCUT2D eigenvalue weighted by atomic mass is 10.1. The number of rotatable bonds is 5. The molecule has 0 spiro atoms. The van der Waals surface area contributed by atoms with E-state index in [2.05, 4.69) is 27.2 Å². The SMILES string of the molecule is OCc1ccc(-c2cnc3cnc(-c4cnn(Cc5ccccc5)c4)cn23)cc1. The normalized spacial score (nSPS) is 11.2. The predicted molar refractivity (Wildman–Crippen MR) is 111 cm³/mol. The molecule has 0 radical (unpaired) electrons. The zero-order chi connectivity index (χ0) is 19.6. The summed E-state index contributed by atoms with van der Waals surface area (Å²) >= 11 is 0. The van der Waals surface area contributed by atoms with Crippen molar-refractivity contribution >= 4 is 5.65 Å². The van der Waals surface area contributed by atoms with E-state index in [1.165, 1.54) is 5.56 Å². The number of aliphatic hydroxyl groups excluding tert-OH is 1. The van der Waals surface area contributed by atoms with Crippen molar-refractivity contribution in [2.75, 3.05) is 0 Å². The molecule has 0 saturated heterocycles. The van der Waals surface area contributed by atoms with Crippen molar-refractivity contribution in [3.63, 3.8) is 0 Å². The molecule has 0 atom stereocenters. The smallest absolute Gasteiger partial charge is 0.155 e. The third kappa shape index (κ3) is 3.41.